The molecular weight excluding hydrogens is 266 g/mol. The normalized spacial score (nSPS) is 10.2. The Balaban J connectivity index is 3.05. The molecule has 6 nitrogen and oxygen atoms in total. The SMILES string of the molecule is CCCCNc1sc(C(=O)OCC)c(N)c1C(N)=O. The highest BCUT2D eigenvalue weighted by Gasteiger charge is 2.24. The van der Waals surface area contributed by atoms with E-state index >= 15 is 0 Å². The number of unbranched alkanes of at least 4 members (excludes halogenated alkanes) is 1. The van der Waals surface area contributed by atoms with Crippen LogP contribution in [0, 0.1) is 0 Å². The Morgan fingerprint density at radius 1 is 1.37 bits per heavy atom. The van der Waals surface area contributed by atoms with Crippen molar-refractivity contribution in [1.82, 2.24) is 0 Å². The highest BCUT2D eigenvalue weighted by molar-refractivity contribution is 7.19. The van der Waals surface area contributed by atoms with Gasteiger partial charge < -0.3 is 21.5 Å². The van der Waals surface area contributed by atoms with Crippen molar-refractivity contribution in [2.45, 2.75) is 26.7 Å². The number of anilines is 2. The van der Waals surface area contributed by atoms with Gasteiger partial charge in [0.05, 0.1) is 17.9 Å². The van der Waals surface area contributed by atoms with Gasteiger partial charge in [0.25, 0.3) is 5.91 Å². The zero-order valence-electron chi connectivity index (χ0n) is 11.1. The summed E-state index contributed by atoms with van der Waals surface area (Å²) in [5, 5.41) is 3.61. The van der Waals surface area contributed by atoms with E-state index in [-0.39, 0.29) is 22.7 Å². The van der Waals surface area contributed by atoms with Crippen molar-refractivity contribution in [2.75, 3.05) is 24.2 Å². The van der Waals surface area contributed by atoms with Crippen LogP contribution in [0.1, 0.15) is 46.7 Å². The topological polar surface area (TPSA) is 107 Å². The lowest BCUT2D eigenvalue weighted by atomic mass is 10.2. The Morgan fingerprint density at radius 3 is 2.58 bits per heavy atom. The Kier molecular flexibility index (Phi) is 5.62. The summed E-state index contributed by atoms with van der Waals surface area (Å²) in [5.41, 5.74) is 11.4. The standard InChI is InChI=1S/C12H19N3O3S/c1-3-5-6-15-11-7(10(14)16)8(13)9(19-11)12(17)18-4-2/h15H,3-6,13H2,1-2H3,(H2,14,16). The maximum Gasteiger partial charge on any atom is 0.350 e. The van der Waals surface area contributed by atoms with Gasteiger partial charge in [0.1, 0.15) is 9.88 Å². The first-order valence-corrected chi connectivity index (χ1v) is 6.97. The first-order chi connectivity index (χ1) is 9.02. The fourth-order valence-corrected chi connectivity index (χ4v) is 2.59. The van der Waals surface area contributed by atoms with E-state index in [1.165, 1.54) is 0 Å². The highest BCUT2D eigenvalue weighted by atomic mass is 32.1. The molecule has 0 bridgehead atoms. The summed E-state index contributed by atoms with van der Waals surface area (Å²) in [6, 6.07) is 0. The minimum absolute atomic E-state index is 0.0925. The third kappa shape index (κ3) is 3.60. The summed E-state index contributed by atoms with van der Waals surface area (Å²) in [5.74, 6) is -1.18. The fraction of sp³-hybridized carbons (Fsp3) is 0.500. The van der Waals surface area contributed by atoms with Gasteiger partial charge in [-0.1, -0.05) is 13.3 Å². The van der Waals surface area contributed by atoms with Gasteiger partial charge in [0, 0.05) is 6.54 Å². The second kappa shape index (κ2) is 6.98. The minimum Gasteiger partial charge on any atom is -0.462 e. The lowest BCUT2D eigenvalue weighted by Gasteiger charge is -2.04. The summed E-state index contributed by atoms with van der Waals surface area (Å²) in [6.45, 7) is 4.71. The van der Waals surface area contributed by atoms with E-state index in [1.54, 1.807) is 6.92 Å². The second-order valence-corrected chi connectivity index (χ2v) is 4.93. The molecule has 0 fully saturated rings. The smallest absolute Gasteiger partial charge is 0.350 e. The molecule has 106 valence electrons. The third-order valence-corrected chi connectivity index (χ3v) is 3.61. The van der Waals surface area contributed by atoms with Crippen LogP contribution in [0.25, 0.3) is 0 Å². The van der Waals surface area contributed by atoms with Gasteiger partial charge in [-0.2, -0.15) is 0 Å². The molecule has 0 saturated carbocycles. The lowest BCUT2D eigenvalue weighted by Crippen LogP contribution is -2.15. The van der Waals surface area contributed by atoms with E-state index in [2.05, 4.69) is 12.2 Å². The van der Waals surface area contributed by atoms with E-state index in [0.717, 1.165) is 24.2 Å². The number of ether oxygens (including phenoxy) is 1. The Hall–Kier alpha value is -1.76. The first kappa shape index (κ1) is 15.3. The maximum atomic E-state index is 11.7. The molecule has 1 aromatic heterocycles. The van der Waals surface area contributed by atoms with Crippen LogP contribution in [0.3, 0.4) is 0 Å². The van der Waals surface area contributed by atoms with E-state index in [1.807, 2.05) is 0 Å². The molecule has 0 unspecified atom stereocenters. The quantitative estimate of drug-likeness (QED) is 0.523. The monoisotopic (exact) mass is 285 g/mol. The molecule has 0 aliphatic heterocycles. The van der Waals surface area contributed by atoms with Gasteiger partial charge in [0.2, 0.25) is 0 Å². The van der Waals surface area contributed by atoms with E-state index in [0.29, 0.717) is 11.5 Å². The molecule has 19 heavy (non-hydrogen) atoms. The van der Waals surface area contributed by atoms with Crippen LogP contribution in [0.5, 0.6) is 0 Å². The second-order valence-electron chi connectivity index (χ2n) is 3.91. The molecule has 1 amide bonds. The van der Waals surface area contributed by atoms with Crippen molar-refractivity contribution in [3.05, 3.63) is 10.4 Å². The Bertz CT molecular complexity index is 471. The largest absolute Gasteiger partial charge is 0.462 e. The first-order valence-electron chi connectivity index (χ1n) is 6.15. The molecule has 0 saturated heterocycles. The van der Waals surface area contributed by atoms with Crippen LogP contribution in [0.15, 0.2) is 0 Å². The molecule has 1 rings (SSSR count). The van der Waals surface area contributed by atoms with Crippen molar-refractivity contribution >= 4 is 33.9 Å². The van der Waals surface area contributed by atoms with Gasteiger partial charge in [-0.15, -0.1) is 11.3 Å². The summed E-state index contributed by atoms with van der Waals surface area (Å²) in [4.78, 5) is 23.4. The Morgan fingerprint density at radius 2 is 2.05 bits per heavy atom. The number of nitrogens with two attached hydrogens (primary N) is 2. The minimum atomic E-state index is -0.650. The number of nitrogens with one attached hydrogen (secondary N) is 1. The van der Waals surface area contributed by atoms with E-state index in [9.17, 15) is 9.59 Å². The van der Waals surface area contributed by atoms with Crippen molar-refractivity contribution in [1.29, 1.82) is 0 Å². The van der Waals surface area contributed by atoms with Crippen molar-refractivity contribution < 1.29 is 14.3 Å². The van der Waals surface area contributed by atoms with E-state index < -0.39 is 11.9 Å². The van der Waals surface area contributed by atoms with Crippen LogP contribution in [0.2, 0.25) is 0 Å². The average Bonchev–Trinajstić information content (AvgIpc) is 2.67. The van der Waals surface area contributed by atoms with Crippen molar-refractivity contribution in [3.8, 4) is 0 Å². The number of primary amides is 1. The molecule has 0 aromatic carbocycles. The van der Waals surface area contributed by atoms with Gasteiger partial charge in [-0.3, -0.25) is 4.79 Å². The summed E-state index contributed by atoms with van der Waals surface area (Å²) in [7, 11) is 0. The molecule has 0 radical (unpaired) electrons. The predicted octanol–water partition coefficient (Wildman–Crippen LogP) is 1.82. The molecule has 1 heterocycles. The number of esters is 1. The lowest BCUT2D eigenvalue weighted by molar-refractivity contribution is 0.0533. The van der Waals surface area contributed by atoms with Gasteiger partial charge in [0.15, 0.2) is 0 Å². The molecule has 5 N–H and O–H groups in total. The van der Waals surface area contributed by atoms with Crippen LogP contribution >= 0.6 is 11.3 Å². The zero-order chi connectivity index (χ0) is 14.4. The summed E-state index contributed by atoms with van der Waals surface area (Å²) in [6.07, 6.45) is 1.97. The molecular formula is C12H19N3O3S. The van der Waals surface area contributed by atoms with Crippen LogP contribution in [-0.4, -0.2) is 25.0 Å². The molecule has 1 aromatic rings. The fourth-order valence-electron chi connectivity index (χ4n) is 1.54. The number of carbonyl (C=O) groups excluding carboxylic acids is 2. The Labute approximate surface area is 116 Å². The molecule has 0 spiro atoms. The highest BCUT2D eigenvalue weighted by Crippen LogP contribution is 2.35. The summed E-state index contributed by atoms with van der Waals surface area (Å²) >= 11 is 1.10. The van der Waals surface area contributed by atoms with Gasteiger partial charge in [-0.25, -0.2) is 4.79 Å². The molecule has 0 aliphatic rings. The zero-order valence-corrected chi connectivity index (χ0v) is 11.9. The number of nitrogen functional groups attached to an aromatic ring is 1. The number of amides is 1. The number of hydrogen-bond acceptors (Lipinski definition) is 6. The van der Waals surface area contributed by atoms with Crippen LogP contribution in [0.4, 0.5) is 10.7 Å². The third-order valence-electron chi connectivity index (χ3n) is 2.47. The number of rotatable bonds is 7. The van der Waals surface area contributed by atoms with E-state index in [4.69, 9.17) is 16.2 Å². The summed E-state index contributed by atoms with van der Waals surface area (Å²) < 4.78 is 4.89. The van der Waals surface area contributed by atoms with Crippen molar-refractivity contribution in [3.63, 3.8) is 0 Å². The van der Waals surface area contributed by atoms with Gasteiger partial charge >= 0.3 is 5.97 Å². The van der Waals surface area contributed by atoms with Crippen LogP contribution in [-0.2, 0) is 4.74 Å². The molecule has 7 heteroatoms. The predicted molar refractivity (Wildman–Crippen MR) is 76.6 cm³/mol. The average molecular weight is 285 g/mol. The van der Waals surface area contributed by atoms with Crippen LogP contribution < -0.4 is 16.8 Å². The van der Waals surface area contributed by atoms with Gasteiger partial charge in [-0.05, 0) is 13.3 Å². The number of thiophene rings is 1. The number of hydrogen-bond donors (Lipinski definition) is 3. The van der Waals surface area contributed by atoms with Crippen molar-refractivity contribution in [2.24, 2.45) is 5.73 Å². The molecule has 0 atom stereocenters. The number of carbonyl (C=O) groups is 2. The maximum absolute atomic E-state index is 11.7. The molecule has 0 aliphatic carbocycles.